The molecule has 1 amide bonds. The molecule has 4 heterocycles. The lowest BCUT2D eigenvalue weighted by Crippen LogP contribution is -2.51. The highest BCUT2D eigenvalue weighted by Crippen LogP contribution is 2.38. The number of amides is 1. The number of aromatic nitrogens is 4. The molecule has 2 aliphatic heterocycles. The quantitative estimate of drug-likeness (QED) is 0.814. The van der Waals surface area contributed by atoms with Crippen LogP contribution in [0.25, 0.3) is 0 Å². The zero-order valence-corrected chi connectivity index (χ0v) is 16.1. The number of aryl methyl sites for hydroxylation is 2. The first-order valence-electron chi connectivity index (χ1n) is 9.72. The molecule has 0 bridgehead atoms. The summed E-state index contributed by atoms with van der Waals surface area (Å²) in [5, 5.41) is 8.34. The molecule has 1 atom stereocenters. The number of likely N-dealkylation sites (tertiary alicyclic amines) is 1. The molecule has 4 rings (SSSR count). The number of piperidine rings is 1. The van der Waals surface area contributed by atoms with Gasteiger partial charge in [0.15, 0.2) is 5.82 Å². The second kappa shape index (κ2) is 7.42. The van der Waals surface area contributed by atoms with Gasteiger partial charge < -0.3 is 14.2 Å². The highest BCUT2D eigenvalue weighted by atomic mass is 16.5. The number of ether oxygens (including phenoxy) is 1. The Bertz CT molecular complexity index is 791. The van der Waals surface area contributed by atoms with Crippen LogP contribution in [0.3, 0.4) is 0 Å². The fraction of sp³-hybridized carbons (Fsp3) is 0.684. The van der Waals surface area contributed by atoms with E-state index in [0.717, 1.165) is 63.3 Å². The van der Waals surface area contributed by atoms with E-state index >= 15 is 0 Å². The molecule has 2 aromatic heterocycles. The van der Waals surface area contributed by atoms with Crippen molar-refractivity contribution in [2.75, 3.05) is 19.7 Å². The van der Waals surface area contributed by atoms with E-state index in [0.29, 0.717) is 18.4 Å². The molecular formula is C19H27N5O3. The highest BCUT2D eigenvalue weighted by molar-refractivity contribution is 5.76. The van der Waals surface area contributed by atoms with Crippen LogP contribution in [0.2, 0.25) is 0 Å². The number of nitrogens with zero attached hydrogens (tertiary/aromatic N) is 5. The van der Waals surface area contributed by atoms with Crippen molar-refractivity contribution in [3.8, 4) is 0 Å². The predicted molar refractivity (Wildman–Crippen MR) is 96.9 cm³/mol. The fourth-order valence-corrected chi connectivity index (χ4v) is 4.29. The van der Waals surface area contributed by atoms with Gasteiger partial charge in [-0.25, -0.2) is 0 Å². The third kappa shape index (κ3) is 4.21. The van der Waals surface area contributed by atoms with Gasteiger partial charge in [-0.05, 0) is 44.6 Å². The average Bonchev–Trinajstić information content (AvgIpc) is 3.23. The SMILES string of the molecule is Cc1ccn(CC(=O)N2CCC3(CC2)CC(Cc2noc(C)n2)CCO3)n1. The molecule has 0 aromatic carbocycles. The van der Waals surface area contributed by atoms with Gasteiger partial charge in [0.25, 0.3) is 0 Å². The van der Waals surface area contributed by atoms with Crippen LogP contribution in [0.1, 0.15) is 43.1 Å². The molecule has 0 aliphatic carbocycles. The second-order valence-corrected chi connectivity index (χ2v) is 7.86. The summed E-state index contributed by atoms with van der Waals surface area (Å²) < 4.78 is 13.0. The summed E-state index contributed by atoms with van der Waals surface area (Å²) in [7, 11) is 0. The molecule has 2 aliphatic rings. The fourth-order valence-electron chi connectivity index (χ4n) is 4.29. The van der Waals surface area contributed by atoms with Gasteiger partial charge in [-0.3, -0.25) is 9.48 Å². The molecule has 1 spiro atoms. The summed E-state index contributed by atoms with van der Waals surface area (Å²) in [5.74, 6) is 2.04. The Hall–Kier alpha value is -2.22. The van der Waals surface area contributed by atoms with Crippen molar-refractivity contribution in [3.63, 3.8) is 0 Å². The molecule has 27 heavy (non-hydrogen) atoms. The third-order valence-corrected chi connectivity index (χ3v) is 5.73. The maximum absolute atomic E-state index is 12.6. The molecule has 1 unspecified atom stereocenters. The molecule has 0 saturated carbocycles. The Morgan fingerprint density at radius 3 is 2.81 bits per heavy atom. The van der Waals surface area contributed by atoms with Gasteiger partial charge in [-0.2, -0.15) is 10.1 Å². The minimum absolute atomic E-state index is 0.110. The van der Waals surface area contributed by atoms with Gasteiger partial charge in [0.05, 0.1) is 11.3 Å². The molecule has 0 radical (unpaired) electrons. The van der Waals surface area contributed by atoms with Gasteiger partial charge >= 0.3 is 0 Å². The standard InChI is InChI=1S/C19H27N5O3/c1-14-3-7-24(21-14)13-18(25)23-8-5-19(6-9-23)12-16(4-10-26-19)11-17-20-15(2)27-22-17/h3,7,16H,4-6,8-13H2,1-2H3. The predicted octanol–water partition coefficient (Wildman–Crippen LogP) is 1.91. The third-order valence-electron chi connectivity index (χ3n) is 5.73. The molecule has 2 saturated heterocycles. The molecule has 2 aromatic rings. The summed E-state index contributed by atoms with van der Waals surface area (Å²) in [4.78, 5) is 18.8. The Morgan fingerprint density at radius 2 is 2.15 bits per heavy atom. The van der Waals surface area contributed by atoms with E-state index in [-0.39, 0.29) is 11.5 Å². The molecule has 0 N–H and O–H groups in total. The van der Waals surface area contributed by atoms with E-state index in [1.807, 2.05) is 31.0 Å². The first kappa shape index (κ1) is 18.2. The lowest BCUT2D eigenvalue weighted by molar-refractivity contribution is -0.147. The zero-order valence-electron chi connectivity index (χ0n) is 16.1. The number of hydrogen-bond acceptors (Lipinski definition) is 6. The Kier molecular flexibility index (Phi) is 4.99. The van der Waals surface area contributed by atoms with Gasteiger partial charge in [0, 0.05) is 39.2 Å². The molecular weight excluding hydrogens is 346 g/mol. The van der Waals surface area contributed by atoms with Crippen molar-refractivity contribution in [2.24, 2.45) is 5.92 Å². The van der Waals surface area contributed by atoms with E-state index in [4.69, 9.17) is 9.26 Å². The first-order valence-corrected chi connectivity index (χ1v) is 9.72. The molecule has 8 heteroatoms. The topological polar surface area (TPSA) is 86.3 Å². The number of rotatable bonds is 4. The Balaban J connectivity index is 1.31. The van der Waals surface area contributed by atoms with Crippen molar-refractivity contribution in [2.45, 2.75) is 58.1 Å². The van der Waals surface area contributed by atoms with Crippen LogP contribution in [-0.2, 0) is 22.5 Å². The minimum Gasteiger partial charge on any atom is -0.375 e. The molecule has 8 nitrogen and oxygen atoms in total. The van der Waals surface area contributed by atoms with Gasteiger partial charge in [-0.1, -0.05) is 5.16 Å². The number of hydrogen-bond donors (Lipinski definition) is 0. The largest absolute Gasteiger partial charge is 0.375 e. The summed E-state index contributed by atoms with van der Waals surface area (Å²) in [6.45, 7) is 6.31. The zero-order chi connectivity index (χ0) is 18.9. The summed E-state index contributed by atoms with van der Waals surface area (Å²) in [6.07, 6.45) is 6.49. The van der Waals surface area contributed by atoms with Crippen molar-refractivity contribution < 1.29 is 14.1 Å². The van der Waals surface area contributed by atoms with E-state index in [1.165, 1.54) is 0 Å². The van der Waals surface area contributed by atoms with Crippen molar-refractivity contribution in [1.82, 2.24) is 24.8 Å². The summed E-state index contributed by atoms with van der Waals surface area (Å²) in [6, 6.07) is 1.92. The Morgan fingerprint density at radius 1 is 1.33 bits per heavy atom. The van der Waals surface area contributed by atoms with Crippen molar-refractivity contribution >= 4 is 5.91 Å². The van der Waals surface area contributed by atoms with Crippen molar-refractivity contribution in [1.29, 1.82) is 0 Å². The van der Waals surface area contributed by atoms with E-state index < -0.39 is 0 Å². The van der Waals surface area contributed by atoms with Gasteiger partial charge in [0.2, 0.25) is 11.8 Å². The smallest absolute Gasteiger partial charge is 0.244 e. The van der Waals surface area contributed by atoms with Crippen LogP contribution in [0, 0.1) is 19.8 Å². The van der Waals surface area contributed by atoms with Crippen LogP contribution in [0.15, 0.2) is 16.8 Å². The summed E-state index contributed by atoms with van der Waals surface area (Å²) >= 11 is 0. The minimum atomic E-state index is -0.110. The lowest BCUT2D eigenvalue weighted by Gasteiger charge is -2.46. The van der Waals surface area contributed by atoms with E-state index in [1.54, 1.807) is 4.68 Å². The van der Waals surface area contributed by atoms with E-state index in [2.05, 4.69) is 15.2 Å². The number of carbonyl (C=O) groups excluding carboxylic acids is 1. The number of carbonyl (C=O) groups is 1. The van der Waals surface area contributed by atoms with Gasteiger partial charge in [0.1, 0.15) is 6.54 Å². The second-order valence-electron chi connectivity index (χ2n) is 7.86. The van der Waals surface area contributed by atoms with Crippen LogP contribution < -0.4 is 0 Å². The van der Waals surface area contributed by atoms with Crippen LogP contribution in [0.5, 0.6) is 0 Å². The molecule has 146 valence electrons. The van der Waals surface area contributed by atoms with Crippen LogP contribution >= 0.6 is 0 Å². The maximum atomic E-state index is 12.6. The van der Waals surface area contributed by atoms with Gasteiger partial charge in [-0.15, -0.1) is 0 Å². The van der Waals surface area contributed by atoms with Crippen molar-refractivity contribution in [3.05, 3.63) is 29.7 Å². The van der Waals surface area contributed by atoms with E-state index in [9.17, 15) is 4.79 Å². The summed E-state index contributed by atoms with van der Waals surface area (Å²) in [5.41, 5.74) is 0.819. The molecule has 2 fully saturated rings. The van der Waals surface area contributed by atoms with Crippen LogP contribution in [-0.4, -0.2) is 56.0 Å². The average molecular weight is 373 g/mol. The normalized spacial score (nSPS) is 22.3. The monoisotopic (exact) mass is 373 g/mol. The Labute approximate surface area is 158 Å². The highest BCUT2D eigenvalue weighted by Gasteiger charge is 2.41. The van der Waals surface area contributed by atoms with Crippen LogP contribution in [0.4, 0.5) is 0 Å². The first-order chi connectivity index (χ1) is 13.0. The maximum Gasteiger partial charge on any atom is 0.244 e. The lowest BCUT2D eigenvalue weighted by atomic mass is 9.78.